The van der Waals surface area contributed by atoms with Crippen molar-refractivity contribution < 1.29 is 0 Å². The van der Waals surface area contributed by atoms with Gasteiger partial charge in [0.1, 0.15) is 0 Å². The summed E-state index contributed by atoms with van der Waals surface area (Å²) in [5.74, 6) is 0.591. The summed E-state index contributed by atoms with van der Waals surface area (Å²) in [7, 11) is 0. The Morgan fingerprint density at radius 3 is 2.83 bits per heavy atom. The first-order valence-electron chi connectivity index (χ1n) is 6.44. The first-order valence-corrected chi connectivity index (χ1v) is 7.25. The lowest BCUT2D eigenvalue weighted by Gasteiger charge is -2.21. The van der Waals surface area contributed by atoms with Gasteiger partial charge in [-0.15, -0.1) is 11.3 Å². The molecule has 2 aromatic rings. The van der Waals surface area contributed by atoms with E-state index in [1.54, 1.807) is 11.3 Å². The van der Waals surface area contributed by atoms with Gasteiger partial charge in [0.25, 0.3) is 0 Å². The number of aryl methyl sites for hydroxylation is 1. The van der Waals surface area contributed by atoms with Gasteiger partial charge in [0.15, 0.2) is 0 Å². The number of rotatable bonds is 2. The van der Waals surface area contributed by atoms with Crippen LogP contribution in [0.4, 0.5) is 0 Å². The number of pyridine rings is 1. The molecular weight excluding hydrogens is 242 g/mol. The van der Waals surface area contributed by atoms with E-state index in [4.69, 9.17) is 4.98 Å². The molecule has 3 nitrogen and oxygen atoms in total. The van der Waals surface area contributed by atoms with Crippen LogP contribution in [0.15, 0.2) is 24.4 Å². The molecule has 0 atom stereocenters. The summed E-state index contributed by atoms with van der Waals surface area (Å²) in [6, 6.07) is 6.09. The molecule has 0 aromatic carbocycles. The van der Waals surface area contributed by atoms with Gasteiger partial charge in [-0.1, -0.05) is 6.07 Å². The van der Waals surface area contributed by atoms with Crippen LogP contribution in [0.2, 0.25) is 0 Å². The molecule has 1 aliphatic rings. The van der Waals surface area contributed by atoms with Crippen LogP contribution < -0.4 is 5.32 Å². The van der Waals surface area contributed by atoms with E-state index < -0.39 is 0 Å². The molecule has 94 valence electrons. The summed E-state index contributed by atoms with van der Waals surface area (Å²) in [4.78, 5) is 10.5. The molecule has 0 amide bonds. The fourth-order valence-electron chi connectivity index (χ4n) is 2.50. The summed E-state index contributed by atoms with van der Waals surface area (Å²) in [6.45, 7) is 4.29. The zero-order valence-electron chi connectivity index (χ0n) is 10.5. The minimum atomic E-state index is 0.591. The second kappa shape index (κ2) is 5.16. The lowest BCUT2D eigenvalue weighted by atomic mass is 9.93. The molecule has 0 aliphatic carbocycles. The summed E-state index contributed by atoms with van der Waals surface area (Å²) < 4.78 is 0. The normalized spacial score (nSPS) is 16.9. The third-order valence-corrected chi connectivity index (χ3v) is 4.39. The second-order valence-electron chi connectivity index (χ2n) is 4.69. The molecule has 0 spiro atoms. The van der Waals surface area contributed by atoms with E-state index in [2.05, 4.69) is 23.3 Å². The fourth-order valence-corrected chi connectivity index (χ4v) is 3.48. The summed E-state index contributed by atoms with van der Waals surface area (Å²) >= 11 is 1.77. The highest BCUT2D eigenvalue weighted by molar-refractivity contribution is 7.15. The average Bonchev–Trinajstić information content (AvgIpc) is 2.83. The van der Waals surface area contributed by atoms with Crippen molar-refractivity contribution in [1.82, 2.24) is 15.3 Å². The first kappa shape index (κ1) is 11.8. The fraction of sp³-hybridized carbons (Fsp3) is 0.429. The van der Waals surface area contributed by atoms with E-state index >= 15 is 0 Å². The van der Waals surface area contributed by atoms with E-state index in [0.717, 1.165) is 23.8 Å². The Morgan fingerprint density at radius 2 is 2.11 bits per heavy atom. The molecule has 0 bridgehead atoms. The molecule has 0 saturated carbocycles. The molecule has 0 radical (unpaired) electrons. The Bertz CT molecular complexity index is 515. The van der Waals surface area contributed by atoms with Crippen LogP contribution >= 0.6 is 11.3 Å². The van der Waals surface area contributed by atoms with E-state index in [9.17, 15) is 0 Å². The molecule has 4 heteroatoms. The molecule has 1 aliphatic heterocycles. The van der Waals surface area contributed by atoms with Crippen molar-refractivity contribution in [3.63, 3.8) is 0 Å². The quantitative estimate of drug-likeness (QED) is 0.901. The van der Waals surface area contributed by atoms with Crippen LogP contribution in [-0.4, -0.2) is 23.1 Å². The molecular formula is C14H17N3S. The van der Waals surface area contributed by atoms with E-state index in [1.165, 1.54) is 23.4 Å². The Hall–Kier alpha value is -1.26. The van der Waals surface area contributed by atoms with E-state index in [0.29, 0.717) is 5.92 Å². The average molecular weight is 259 g/mol. The number of nitrogens with zero attached hydrogens (tertiary/aromatic N) is 2. The number of hydrogen-bond acceptors (Lipinski definition) is 4. The molecule has 1 N–H and O–H groups in total. The molecule has 0 unspecified atom stereocenters. The van der Waals surface area contributed by atoms with Gasteiger partial charge in [0, 0.05) is 12.1 Å². The van der Waals surface area contributed by atoms with Crippen molar-refractivity contribution in [3.05, 3.63) is 35.1 Å². The van der Waals surface area contributed by atoms with Crippen molar-refractivity contribution in [2.75, 3.05) is 13.1 Å². The second-order valence-corrected chi connectivity index (χ2v) is 5.89. The molecule has 1 saturated heterocycles. The van der Waals surface area contributed by atoms with Gasteiger partial charge in [-0.05, 0) is 45.0 Å². The van der Waals surface area contributed by atoms with Crippen LogP contribution in [0.3, 0.4) is 0 Å². The maximum Gasteiger partial charge on any atom is 0.0904 e. The number of thiazole rings is 1. The van der Waals surface area contributed by atoms with Crippen LogP contribution in [0, 0.1) is 6.92 Å². The molecule has 3 rings (SSSR count). The highest BCUT2D eigenvalue weighted by Gasteiger charge is 2.22. The number of piperidine rings is 1. The zero-order chi connectivity index (χ0) is 12.4. The molecule has 2 aromatic heterocycles. The van der Waals surface area contributed by atoms with Crippen LogP contribution in [-0.2, 0) is 0 Å². The van der Waals surface area contributed by atoms with Gasteiger partial charge in [-0.25, -0.2) is 4.98 Å². The van der Waals surface area contributed by atoms with Gasteiger partial charge >= 0.3 is 0 Å². The van der Waals surface area contributed by atoms with Gasteiger partial charge in [-0.2, -0.15) is 0 Å². The standard InChI is InChI=1S/C14H17N3S/c1-10-17-13(11-5-8-15-9-6-11)14(18-10)12-4-2-3-7-16-12/h2-4,7,11,15H,5-6,8-9H2,1H3. The SMILES string of the molecule is Cc1nc(C2CCNCC2)c(-c2ccccn2)s1. The van der Waals surface area contributed by atoms with Crippen LogP contribution in [0.1, 0.15) is 29.5 Å². The highest BCUT2D eigenvalue weighted by atomic mass is 32.1. The Balaban J connectivity index is 1.99. The molecule has 18 heavy (non-hydrogen) atoms. The smallest absolute Gasteiger partial charge is 0.0904 e. The van der Waals surface area contributed by atoms with Crippen molar-refractivity contribution in [3.8, 4) is 10.6 Å². The Labute approximate surface area is 111 Å². The van der Waals surface area contributed by atoms with Gasteiger partial charge in [-0.3, -0.25) is 4.98 Å². The maximum absolute atomic E-state index is 4.76. The Kier molecular flexibility index (Phi) is 3.39. The topological polar surface area (TPSA) is 37.8 Å². The number of nitrogens with one attached hydrogen (secondary N) is 1. The summed E-state index contributed by atoms with van der Waals surface area (Å²) in [6.07, 6.45) is 4.22. The van der Waals surface area contributed by atoms with Crippen molar-refractivity contribution >= 4 is 11.3 Å². The van der Waals surface area contributed by atoms with E-state index in [-0.39, 0.29) is 0 Å². The monoisotopic (exact) mass is 259 g/mol. The predicted molar refractivity (Wildman–Crippen MR) is 74.9 cm³/mol. The summed E-state index contributed by atoms with van der Waals surface area (Å²) in [5.41, 5.74) is 2.33. The zero-order valence-corrected chi connectivity index (χ0v) is 11.3. The Morgan fingerprint density at radius 1 is 1.28 bits per heavy atom. The molecule has 1 fully saturated rings. The lowest BCUT2D eigenvalue weighted by Crippen LogP contribution is -2.27. The van der Waals surface area contributed by atoms with Crippen LogP contribution in [0.25, 0.3) is 10.6 Å². The highest BCUT2D eigenvalue weighted by Crippen LogP contribution is 2.36. The third kappa shape index (κ3) is 2.31. The van der Waals surface area contributed by atoms with Crippen molar-refractivity contribution in [2.24, 2.45) is 0 Å². The third-order valence-electron chi connectivity index (χ3n) is 3.38. The first-order chi connectivity index (χ1) is 8.84. The number of hydrogen-bond donors (Lipinski definition) is 1. The van der Waals surface area contributed by atoms with Gasteiger partial charge < -0.3 is 5.32 Å². The lowest BCUT2D eigenvalue weighted by molar-refractivity contribution is 0.455. The van der Waals surface area contributed by atoms with Gasteiger partial charge in [0.2, 0.25) is 0 Å². The van der Waals surface area contributed by atoms with Gasteiger partial charge in [0.05, 0.1) is 21.3 Å². The predicted octanol–water partition coefficient (Wildman–Crippen LogP) is 2.98. The van der Waals surface area contributed by atoms with E-state index in [1.807, 2.05) is 18.3 Å². The summed E-state index contributed by atoms with van der Waals surface area (Å²) in [5, 5.41) is 4.55. The number of aromatic nitrogens is 2. The molecule has 3 heterocycles. The largest absolute Gasteiger partial charge is 0.317 e. The van der Waals surface area contributed by atoms with Crippen molar-refractivity contribution in [1.29, 1.82) is 0 Å². The maximum atomic E-state index is 4.76. The van der Waals surface area contributed by atoms with Crippen LogP contribution in [0.5, 0.6) is 0 Å². The minimum Gasteiger partial charge on any atom is -0.317 e. The van der Waals surface area contributed by atoms with Crippen molar-refractivity contribution in [2.45, 2.75) is 25.7 Å². The minimum absolute atomic E-state index is 0.591.